The summed E-state index contributed by atoms with van der Waals surface area (Å²) in [6, 6.07) is 10.6. The highest BCUT2D eigenvalue weighted by Crippen LogP contribution is 2.36. The molecule has 2 fully saturated rings. The number of hydrogen-bond acceptors (Lipinski definition) is 12. The van der Waals surface area contributed by atoms with Crippen molar-refractivity contribution >= 4 is 56.6 Å². The number of nitrogen functional groups attached to an aromatic ring is 2. The van der Waals surface area contributed by atoms with Gasteiger partial charge in [0.2, 0.25) is 11.8 Å². The van der Waals surface area contributed by atoms with Crippen molar-refractivity contribution in [2.75, 3.05) is 22.1 Å². The summed E-state index contributed by atoms with van der Waals surface area (Å²) in [4.78, 5) is 49.4. The number of aliphatic hydroxyl groups excluding tert-OH is 2. The number of nitrogens with two attached hydrogens (primary N) is 2. The van der Waals surface area contributed by atoms with E-state index in [2.05, 4.69) is 40.5 Å². The van der Waals surface area contributed by atoms with Crippen LogP contribution in [-0.2, 0) is 22.8 Å². The molecule has 6 aromatic rings. The van der Waals surface area contributed by atoms with E-state index in [0.29, 0.717) is 56.8 Å². The first-order chi connectivity index (χ1) is 25.9. The number of carbonyl (C=O) groups excluding carboxylic acids is 2. The standard InChI is InChI=1S/2C19H18FN5O2/c2*1-9-6-22-11(8-26)4-12(9)16-2-10-3-17(23-7-14(10)18(21)24-16)25-19(27)13-5-15(13)20/h2*2-4,6-7,13,15,26H,5,8H2,1H3,(H2,21,24)(H,23,25,27)/t13-,15+;/m1./s1. The maximum Gasteiger partial charge on any atom is 0.231 e. The molecule has 8 N–H and O–H groups in total. The number of alkyl halides is 2. The summed E-state index contributed by atoms with van der Waals surface area (Å²) in [5.41, 5.74) is 17.9. The molecule has 4 atom stereocenters. The minimum Gasteiger partial charge on any atom is -0.390 e. The highest BCUT2D eigenvalue weighted by molar-refractivity contribution is 6.00. The van der Waals surface area contributed by atoms with Crippen molar-refractivity contribution < 1.29 is 28.6 Å². The largest absolute Gasteiger partial charge is 0.390 e. The van der Waals surface area contributed by atoms with Crippen LogP contribution in [0.1, 0.15) is 35.4 Å². The Morgan fingerprint density at radius 1 is 0.667 bits per heavy atom. The summed E-state index contributed by atoms with van der Waals surface area (Å²) in [5.74, 6) is -0.616. The van der Waals surface area contributed by atoms with Crippen LogP contribution in [0, 0.1) is 25.7 Å². The van der Waals surface area contributed by atoms with E-state index in [1.807, 2.05) is 26.0 Å². The number of aliphatic hydroxyl groups is 2. The average molecular weight is 735 g/mol. The molecule has 0 aromatic carbocycles. The molecule has 2 amide bonds. The van der Waals surface area contributed by atoms with Crippen molar-refractivity contribution in [2.24, 2.45) is 11.8 Å². The van der Waals surface area contributed by atoms with Crippen molar-refractivity contribution in [1.29, 1.82) is 0 Å². The second-order valence-electron chi connectivity index (χ2n) is 13.4. The third-order valence-electron chi connectivity index (χ3n) is 9.29. The number of hydrogen-bond donors (Lipinski definition) is 6. The van der Waals surface area contributed by atoms with E-state index in [1.54, 1.807) is 36.7 Å². The van der Waals surface area contributed by atoms with E-state index in [4.69, 9.17) is 11.5 Å². The number of aromatic nitrogens is 6. The van der Waals surface area contributed by atoms with Gasteiger partial charge in [0.05, 0.1) is 47.8 Å². The molecule has 54 heavy (non-hydrogen) atoms. The smallest absolute Gasteiger partial charge is 0.231 e. The Morgan fingerprint density at radius 2 is 1.06 bits per heavy atom. The van der Waals surface area contributed by atoms with Gasteiger partial charge in [0.15, 0.2) is 0 Å². The molecule has 276 valence electrons. The summed E-state index contributed by atoms with van der Waals surface area (Å²) in [6.45, 7) is 3.44. The zero-order chi connectivity index (χ0) is 38.3. The molecule has 0 saturated heterocycles. The van der Waals surface area contributed by atoms with Crippen molar-refractivity contribution in [3.63, 3.8) is 0 Å². The lowest BCUT2D eigenvalue weighted by Gasteiger charge is -2.11. The van der Waals surface area contributed by atoms with E-state index in [0.717, 1.165) is 33.0 Å². The van der Waals surface area contributed by atoms with E-state index in [1.165, 1.54) is 12.4 Å². The minimum atomic E-state index is -1.06. The molecule has 16 heteroatoms. The van der Waals surface area contributed by atoms with Gasteiger partial charge in [-0.05, 0) is 85.0 Å². The number of nitrogens with zero attached hydrogens (tertiary/aromatic N) is 6. The van der Waals surface area contributed by atoms with Gasteiger partial charge in [-0.1, -0.05) is 0 Å². The van der Waals surface area contributed by atoms with Gasteiger partial charge in [-0.3, -0.25) is 19.6 Å². The zero-order valence-electron chi connectivity index (χ0n) is 29.2. The van der Waals surface area contributed by atoms with Crippen LogP contribution in [0.3, 0.4) is 0 Å². The molecule has 2 aliphatic rings. The molecule has 6 heterocycles. The number of carbonyl (C=O) groups is 2. The highest BCUT2D eigenvalue weighted by atomic mass is 19.1. The molecule has 6 aromatic heterocycles. The van der Waals surface area contributed by atoms with Crippen LogP contribution < -0.4 is 22.1 Å². The molecular formula is C38H36F2N10O4. The maximum absolute atomic E-state index is 13.0. The molecule has 8 rings (SSSR count). The van der Waals surface area contributed by atoms with E-state index in [9.17, 15) is 28.6 Å². The fourth-order valence-corrected chi connectivity index (χ4v) is 5.93. The van der Waals surface area contributed by atoms with Crippen molar-refractivity contribution in [2.45, 2.75) is 52.2 Å². The number of halogens is 2. The van der Waals surface area contributed by atoms with Crippen LogP contribution in [0.4, 0.5) is 32.1 Å². The topological polar surface area (TPSA) is 228 Å². The lowest BCUT2D eigenvalue weighted by Crippen LogP contribution is -2.15. The summed E-state index contributed by atoms with van der Waals surface area (Å²) >= 11 is 0. The van der Waals surface area contributed by atoms with Gasteiger partial charge < -0.3 is 32.3 Å². The Bertz CT molecular complexity index is 2280. The maximum atomic E-state index is 13.0. The number of rotatable bonds is 8. The Kier molecular flexibility index (Phi) is 9.79. The predicted octanol–water partition coefficient (Wildman–Crippen LogP) is 4.74. The fourth-order valence-electron chi connectivity index (χ4n) is 5.93. The first-order valence-corrected chi connectivity index (χ1v) is 17.1. The molecule has 0 aliphatic heterocycles. The Morgan fingerprint density at radius 3 is 1.41 bits per heavy atom. The number of nitrogens with one attached hydrogen (secondary N) is 2. The second-order valence-corrected chi connectivity index (χ2v) is 13.4. The van der Waals surface area contributed by atoms with Crippen molar-refractivity contribution in [3.8, 4) is 22.5 Å². The zero-order valence-corrected chi connectivity index (χ0v) is 29.2. The minimum absolute atomic E-state index is 0.173. The quantitative estimate of drug-likeness (QED) is 0.125. The van der Waals surface area contributed by atoms with Crippen LogP contribution in [0.5, 0.6) is 0 Å². The van der Waals surface area contributed by atoms with Gasteiger partial charge in [-0.15, -0.1) is 0 Å². The number of aryl methyl sites for hydroxylation is 2. The first kappa shape index (κ1) is 36.1. The number of pyridine rings is 6. The molecule has 2 saturated carbocycles. The van der Waals surface area contributed by atoms with E-state index >= 15 is 0 Å². The van der Waals surface area contributed by atoms with Gasteiger partial charge in [-0.25, -0.2) is 28.7 Å². The highest BCUT2D eigenvalue weighted by Gasteiger charge is 2.44. The van der Waals surface area contributed by atoms with Crippen LogP contribution >= 0.6 is 0 Å². The van der Waals surface area contributed by atoms with Gasteiger partial charge in [0.25, 0.3) is 0 Å². The molecule has 0 radical (unpaired) electrons. The van der Waals surface area contributed by atoms with Gasteiger partial charge in [-0.2, -0.15) is 0 Å². The summed E-state index contributed by atoms with van der Waals surface area (Å²) < 4.78 is 26.1. The third kappa shape index (κ3) is 7.60. The lowest BCUT2D eigenvalue weighted by atomic mass is 10.0. The summed E-state index contributed by atoms with van der Waals surface area (Å²) in [6.07, 6.45) is 4.81. The Balaban J connectivity index is 0.000000167. The molecule has 14 nitrogen and oxygen atoms in total. The van der Waals surface area contributed by atoms with Crippen LogP contribution in [-0.4, -0.2) is 64.3 Å². The van der Waals surface area contributed by atoms with Crippen LogP contribution in [0.15, 0.2) is 61.2 Å². The Labute approximate surface area is 307 Å². The predicted molar refractivity (Wildman–Crippen MR) is 199 cm³/mol. The van der Waals surface area contributed by atoms with Gasteiger partial charge >= 0.3 is 0 Å². The Hall–Kier alpha value is -6.26. The summed E-state index contributed by atoms with van der Waals surface area (Å²) in [5, 5.41) is 26.7. The van der Waals surface area contributed by atoms with Crippen LogP contribution in [0.25, 0.3) is 44.1 Å². The normalized spacial score (nSPS) is 18.5. The third-order valence-corrected chi connectivity index (χ3v) is 9.29. The average Bonchev–Trinajstić information content (AvgIpc) is 4.08. The van der Waals surface area contributed by atoms with E-state index in [-0.39, 0.29) is 37.9 Å². The van der Waals surface area contributed by atoms with E-state index < -0.39 is 24.2 Å². The van der Waals surface area contributed by atoms with Gasteiger partial charge in [0.1, 0.15) is 35.6 Å². The second kappa shape index (κ2) is 14.6. The SMILES string of the molecule is Cc1cnc(CO)cc1-c1cc2cc(NC(=O)C3CC3F)ncc2c(N)n1.Cc1cnc(CO)cc1-c1cc2cc(NC(=O)[C@@H]3C[C@@H]3F)ncc2c(N)n1. The first-order valence-electron chi connectivity index (χ1n) is 17.1. The lowest BCUT2D eigenvalue weighted by molar-refractivity contribution is -0.118. The van der Waals surface area contributed by atoms with Crippen LogP contribution in [0.2, 0.25) is 0 Å². The molecule has 2 unspecified atom stereocenters. The van der Waals surface area contributed by atoms with Crippen molar-refractivity contribution in [3.05, 3.63) is 83.7 Å². The number of amides is 2. The monoisotopic (exact) mass is 734 g/mol. The molecule has 0 bridgehead atoms. The molecule has 2 aliphatic carbocycles. The van der Waals surface area contributed by atoms with Gasteiger partial charge in [0, 0.05) is 46.7 Å². The number of anilines is 4. The molecular weight excluding hydrogens is 698 g/mol. The number of fused-ring (bicyclic) bond motifs is 2. The van der Waals surface area contributed by atoms with Crippen molar-refractivity contribution in [1.82, 2.24) is 29.9 Å². The summed E-state index contributed by atoms with van der Waals surface area (Å²) in [7, 11) is 0. The fraction of sp³-hybridized carbons (Fsp3) is 0.263. The molecule has 0 spiro atoms.